The predicted octanol–water partition coefficient (Wildman–Crippen LogP) is 1.78. The molecule has 1 amide bonds. The summed E-state index contributed by atoms with van der Waals surface area (Å²) in [5, 5.41) is 13.5. The van der Waals surface area contributed by atoms with Crippen LogP contribution in [0.4, 0.5) is 24.5 Å². The molecule has 24 heavy (non-hydrogen) atoms. The van der Waals surface area contributed by atoms with Gasteiger partial charge in [-0.05, 0) is 19.1 Å². The van der Waals surface area contributed by atoms with Crippen molar-refractivity contribution in [2.75, 3.05) is 19.4 Å². The van der Waals surface area contributed by atoms with E-state index in [0.717, 1.165) is 6.07 Å². The summed E-state index contributed by atoms with van der Waals surface area (Å²) in [5.74, 6) is -0.434. The van der Waals surface area contributed by atoms with Gasteiger partial charge in [0.25, 0.3) is 15.5 Å². The second-order valence-electron chi connectivity index (χ2n) is 4.98. The normalized spacial score (nSPS) is 13.2. The summed E-state index contributed by atoms with van der Waals surface area (Å²) in [7, 11) is -2.81. The molecule has 0 heterocycles. The van der Waals surface area contributed by atoms with Gasteiger partial charge in [-0.15, -0.1) is 0 Å². The van der Waals surface area contributed by atoms with Gasteiger partial charge >= 0.3 is 5.51 Å². The van der Waals surface area contributed by atoms with Crippen molar-refractivity contribution < 1.29 is 31.3 Å². The van der Waals surface area contributed by atoms with Crippen LogP contribution in [0.15, 0.2) is 23.1 Å². The molecule has 0 spiro atoms. The summed E-state index contributed by atoms with van der Waals surface area (Å²) in [4.78, 5) is 21.7. The Hall–Kier alpha value is -2.37. The molecule has 0 aliphatic carbocycles. The minimum atomic E-state index is -5.71. The van der Waals surface area contributed by atoms with Crippen molar-refractivity contribution in [3.8, 4) is 0 Å². The molecule has 0 bridgehead atoms. The molecule has 0 unspecified atom stereocenters. The lowest BCUT2D eigenvalue weighted by atomic mass is 10.2. The van der Waals surface area contributed by atoms with Crippen LogP contribution in [0, 0.1) is 10.1 Å². The summed E-state index contributed by atoms with van der Waals surface area (Å²) in [5.41, 5.74) is -6.74. The molecule has 8 nitrogen and oxygen atoms in total. The van der Waals surface area contributed by atoms with Crippen molar-refractivity contribution in [1.82, 2.24) is 4.90 Å². The Labute approximate surface area is 135 Å². The molecular formula is C12H14F3N3O5S. The van der Waals surface area contributed by atoms with Gasteiger partial charge in [-0.1, -0.05) is 0 Å². The maximum atomic E-state index is 12.5. The van der Waals surface area contributed by atoms with Gasteiger partial charge in [0.05, 0.1) is 9.82 Å². The maximum absolute atomic E-state index is 12.5. The zero-order valence-electron chi connectivity index (χ0n) is 12.8. The van der Waals surface area contributed by atoms with Crippen LogP contribution in [-0.4, -0.2) is 49.8 Å². The summed E-state index contributed by atoms with van der Waals surface area (Å²) in [6.07, 6.45) is 0. The Balaban J connectivity index is 3.33. The zero-order valence-corrected chi connectivity index (χ0v) is 13.6. The summed E-state index contributed by atoms with van der Waals surface area (Å²) < 4.78 is 60.3. The van der Waals surface area contributed by atoms with Crippen LogP contribution in [0.25, 0.3) is 0 Å². The number of alkyl halides is 3. The third-order valence-corrected chi connectivity index (χ3v) is 4.45. The smallest absolute Gasteiger partial charge is 0.368 e. The number of benzene rings is 1. The monoisotopic (exact) mass is 369 g/mol. The van der Waals surface area contributed by atoms with Gasteiger partial charge in [0.15, 0.2) is 0 Å². The van der Waals surface area contributed by atoms with Crippen molar-refractivity contribution in [3.05, 3.63) is 28.3 Å². The van der Waals surface area contributed by atoms with Gasteiger partial charge in [0, 0.05) is 20.2 Å². The van der Waals surface area contributed by atoms with E-state index in [4.69, 9.17) is 0 Å². The highest BCUT2D eigenvalue weighted by atomic mass is 32.2. The average Bonchev–Trinajstić information content (AvgIpc) is 2.44. The van der Waals surface area contributed by atoms with E-state index in [9.17, 15) is 36.5 Å². The third-order valence-electron chi connectivity index (χ3n) is 2.96. The minimum Gasteiger partial charge on any atom is -0.368 e. The quantitative estimate of drug-likeness (QED) is 0.626. The number of rotatable bonds is 5. The number of nitrogens with zero attached hydrogens (tertiary/aromatic N) is 2. The second-order valence-corrected chi connectivity index (χ2v) is 6.93. The third kappa shape index (κ3) is 3.93. The van der Waals surface area contributed by atoms with E-state index in [1.807, 2.05) is 0 Å². The Bertz CT molecular complexity index is 762. The van der Waals surface area contributed by atoms with Gasteiger partial charge in [0.1, 0.15) is 11.7 Å². The van der Waals surface area contributed by atoms with Crippen molar-refractivity contribution in [3.63, 3.8) is 0 Å². The fourth-order valence-corrected chi connectivity index (χ4v) is 2.55. The van der Waals surface area contributed by atoms with Crippen LogP contribution in [-0.2, 0) is 14.6 Å². The van der Waals surface area contributed by atoms with Gasteiger partial charge < -0.3 is 10.2 Å². The lowest BCUT2D eigenvalue weighted by molar-refractivity contribution is -0.384. The van der Waals surface area contributed by atoms with Gasteiger partial charge in [-0.2, -0.15) is 13.2 Å². The SMILES string of the molecule is C[C@H](Nc1ccc(S(=O)(=O)C(F)(F)F)cc1[N+](=O)[O-])C(=O)N(C)C. The fraction of sp³-hybridized carbons (Fsp3) is 0.417. The Morgan fingerprint density at radius 2 is 1.88 bits per heavy atom. The molecule has 1 atom stereocenters. The lowest BCUT2D eigenvalue weighted by Crippen LogP contribution is -2.36. The molecule has 1 rings (SSSR count). The summed E-state index contributed by atoms with van der Waals surface area (Å²) >= 11 is 0. The maximum Gasteiger partial charge on any atom is 0.501 e. The Morgan fingerprint density at radius 1 is 1.33 bits per heavy atom. The molecule has 1 N–H and O–H groups in total. The highest BCUT2D eigenvalue weighted by Gasteiger charge is 2.47. The number of amides is 1. The summed E-state index contributed by atoms with van der Waals surface area (Å²) in [6, 6.07) is 0.794. The van der Waals surface area contributed by atoms with Gasteiger partial charge in [-0.3, -0.25) is 14.9 Å². The van der Waals surface area contributed by atoms with E-state index < -0.39 is 42.8 Å². The zero-order chi connectivity index (χ0) is 18.9. The molecule has 0 fully saturated rings. The number of carbonyl (C=O) groups excluding carboxylic acids is 1. The first-order valence-corrected chi connectivity index (χ1v) is 7.85. The number of sulfone groups is 1. The van der Waals surface area contributed by atoms with Crippen LogP contribution in [0.1, 0.15) is 6.92 Å². The number of nitro benzene ring substituents is 1. The van der Waals surface area contributed by atoms with E-state index in [-0.39, 0.29) is 5.69 Å². The molecule has 134 valence electrons. The molecule has 1 aromatic carbocycles. The van der Waals surface area contributed by atoms with Crippen LogP contribution >= 0.6 is 0 Å². The van der Waals surface area contributed by atoms with Gasteiger partial charge in [-0.25, -0.2) is 8.42 Å². The van der Waals surface area contributed by atoms with Crippen LogP contribution in [0.2, 0.25) is 0 Å². The van der Waals surface area contributed by atoms with Crippen LogP contribution < -0.4 is 5.32 Å². The number of halogens is 3. The molecular weight excluding hydrogens is 355 g/mol. The second kappa shape index (κ2) is 6.63. The molecule has 0 saturated carbocycles. The van der Waals surface area contributed by atoms with E-state index >= 15 is 0 Å². The first-order valence-electron chi connectivity index (χ1n) is 6.36. The topological polar surface area (TPSA) is 110 Å². The van der Waals surface area contributed by atoms with Crippen LogP contribution in [0.5, 0.6) is 0 Å². The molecule has 0 aromatic heterocycles. The summed E-state index contributed by atoms with van der Waals surface area (Å²) in [6.45, 7) is 1.40. The number of hydrogen-bond acceptors (Lipinski definition) is 6. The number of hydrogen-bond donors (Lipinski definition) is 1. The van der Waals surface area contributed by atoms with E-state index in [2.05, 4.69) is 5.32 Å². The van der Waals surface area contributed by atoms with E-state index in [0.29, 0.717) is 12.1 Å². The molecule has 12 heteroatoms. The largest absolute Gasteiger partial charge is 0.501 e. The highest BCUT2D eigenvalue weighted by molar-refractivity contribution is 7.92. The number of anilines is 1. The van der Waals surface area contributed by atoms with E-state index in [1.54, 1.807) is 0 Å². The molecule has 0 saturated heterocycles. The van der Waals surface area contributed by atoms with Crippen LogP contribution in [0.3, 0.4) is 0 Å². The van der Waals surface area contributed by atoms with E-state index in [1.165, 1.54) is 25.9 Å². The first-order chi connectivity index (χ1) is 10.8. The standard InChI is InChI=1S/C12H14F3N3O5S/c1-7(11(19)17(2)3)16-9-5-4-8(6-10(9)18(20)21)24(22,23)12(13,14)15/h4-7,16H,1-3H3/t7-/m0/s1. The number of carbonyl (C=O) groups is 1. The first kappa shape index (κ1) is 19.7. The number of likely N-dealkylation sites (N-methyl/N-ethyl adjacent to an activating group) is 1. The van der Waals surface area contributed by atoms with Crippen molar-refractivity contribution >= 4 is 27.1 Å². The van der Waals surface area contributed by atoms with Crippen molar-refractivity contribution in [2.45, 2.75) is 23.4 Å². The number of nitrogens with one attached hydrogen (secondary N) is 1. The Morgan fingerprint density at radius 3 is 2.29 bits per heavy atom. The predicted molar refractivity (Wildman–Crippen MR) is 78.1 cm³/mol. The minimum absolute atomic E-state index is 0.274. The molecule has 0 aliphatic heterocycles. The fourth-order valence-electron chi connectivity index (χ4n) is 1.77. The molecule has 1 aromatic rings. The lowest BCUT2D eigenvalue weighted by Gasteiger charge is -2.19. The molecule has 0 radical (unpaired) electrons. The van der Waals surface area contributed by atoms with Crippen molar-refractivity contribution in [2.24, 2.45) is 0 Å². The average molecular weight is 369 g/mol. The van der Waals surface area contributed by atoms with Gasteiger partial charge in [0.2, 0.25) is 5.91 Å². The Kier molecular flexibility index (Phi) is 5.43. The van der Waals surface area contributed by atoms with Crippen molar-refractivity contribution in [1.29, 1.82) is 0 Å². The molecule has 0 aliphatic rings. The number of nitro groups is 1. The highest BCUT2D eigenvalue weighted by Crippen LogP contribution is 2.34.